The third-order valence-corrected chi connectivity index (χ3v) is 8.36. The number of hydrogen-bond donors (Lipinski definition) is 0. The minimum absolute atomic E-state index is 0.00557. The van der Waals surface area contributed by atoms with Crippen molar-refractivity contribution < 1.29 is 40.3 Å². The molecule has 4 rings (SSSR count). The van der Waals surface area contributed by atoms with Gasteiger partial charge in [-0.15, -0.1) is 0 Å². The van der Waals surface area contributed by atoms with Crippen LogP contribution in [0.5, 0.6) is 0 Å². The minimum atomic E-state index is -4.55. The maximum atomic E-state index is 14.6. The molecule has 1 aliphatic rings. The molecule has 0 spiro atoms. The van der Waals surface area contributed by atoms with Crippen LogP contribution < -0.4 is 5.46 Å². The molecule has 0 heterocycles. The van der Waals surface area contributed by atoms with Crippen LogP contribution in [0.2, 0.25) is 0 Å². The van der Waals surface area contributed by atoms with Gasteiger partial charge in [-0.25, -0.2) is 0 Å². The molecule has 0 N–H and O–H groups in total. The maximum absolute atomic E-state index is 14.6. The molecular weight excluding hydrogens is 632 g/mol. The van der Waals surface area contributed by atoms with Gasteiger partial charge >= 0.3 is 26.4 Å². The van der Waals surface area contributed by atoms with Crippen molar-refractivity contribution >= 4 is 19.5 Å². The summed E-state index contributed by atoms with van der Waals surface area (Å²) in [5.41, 5.74) is -1.04. The zero-order valence-corrected chi connectivity index (χ0v) is 27.5. The molecule has 13 heteroatoms. The third kappa shape index (κ3) is 9.63. The van der Waals surface area contributed by atoms with E-state index in [1.54, 1.807) is 32.3 Å². The van der Waals surface area contributed by atoms with Crippen molar-refractivity contribution in [1.82, 2.24) is 9.80 Å². The Morgan fingerprint density at radius 1 is 0.792 bits per heavy atom. The van der Waals surface area contributed by atoms with Crippen LogP contribution in [0.1, 0.15) is 23.1 Å². The van der Waals surface area contributed by atoms with E-state index in [9.17, 15) is 26.3 Å². The molecule has 0 bridgehead atoms. The second-order valence-corrected chi connectivity index (χ2v) is 12.3. The molecule has 0 fully saturated rings. The average Bonchev–Trinajstić information content (AvgIpc) is 3.05. The monoisotopic (exact) mass is 672 g/mol. The topological polar surface area (TPSA) is 34.2 Å². The second kappa shape index (κ2) is 16.4. The van der Waals surface area contributed by atoms with E-state index in [1.807, 2.05) is 54.2 Å². The largest absolute Gasteiger partial charge is 0.493 e. The Balaban J connectivity index is 1.62. The molecule has 5 nitrogen and oxygen atoms in total. The molecule has 1 aliphatic carbocycles. The highest BCUT2D eigenvalue weighted by Crippen LogP contribution is 2.47. The number of benzene rings is 3. The second-order valence-electron chi connectivity index (χ2n) is 12.3. The fourth-order valence-electron chi connectivity index (χ4n) is 5.49. The van der Waals surface area contributed by atoms with Crippen LogP contribution >= 0.6 is 0 Å². The van der Waals surface area contributed by atoms with E-state index in [2.05, 4.69) is 0 Å². The summed E-state index contributed by atoms with van der Waals surface area (Å²) in [4.78, 5) is 3.78. The van der Waals surface area contributed by atoms with Gasteiger partial charge in [0.05, 0.1) is 12.2 Å². The van der Waals surface area contributed by atoms with E-state index in [4.69, 9.17) is 14.0 Å². The minimum Gasteiger partial charge on any atom is -0.428 e. The summed E-state index contributed by atoms with van der Waals surface area (Å²) in [7, 11) is 6.33. The SMILES string of the molecule is CN(C)CCOB(c1ccc(C(F)(F)F)cc1)C(COB(OCc1ccccc1)C1=CCC(c2ccccc2)(C(F)(F)F)C=C1)N(C)C. The first-order valence-electron chi connectivity index (χ1n) is 15.6. The van der Waals surface area contributed by atoms with Gasteiger partial charge in [0, 0.05) is 25.7 Å². The van der Waals surface area contributed by atoms with Gasteiger partial charge in [0.25, 0.3) is 0 Å². The lowest BCUT2D eigenvalue weighted by Crippen LogP contribution is -2.55. The van der Waals surface area contributed by atoms with Crippen LogP contribution in [-0.2, 0) is 32.2 Å². The molecular formula is C35H40B2F6N2O3. The highest BCUT2D eigenvalue weighted by atomic mass is 19.4. The van der Waals surface area contributed by atoms with Crippen molar-refractivity contribution in [2.75, 3.05) is 47.9 Å². The molecule has 3 aromatic rings. The summed E-state index contributed by atoms with van der Waals surface area (Å²) in [6, 6.07) is 21.9. The molecule has 48 heavy (non-hydrogen) atoms. The molecule has 2 unspecified atom stereocenters. The van der Waals surface area contributed by atoms with Gasteiger partial charge in [-0.3, -0.25) is 0 Å². The predicted molar refractivity (Wildman–Crippen MR) is 178 cm³/mol. The van der Waals surface area contributed by atoms with Crippen molar-refractivity contribution in [1.29, 1.82) is 0 Å². The summed E-state index contributed by atoms with van der Waals surface area (Å²) >= 11 is 0. The summed E-state index contributed by atoms with van der Waals surface area (Å²) in [6.45, 7) is 0.303. The van der Waals surface area contributed by atoms with Crippen molar-refractivity contribution in [2.24, 2.45) is 0 Å². The van der Waals surface area contributed by atoms with Gasteiger partial charge in [0.2, 0.25) is 0 Å². The lowest BCUT2D eigenvalue weighted by Gasteiger charge is -2.36. The summed E-state index contributed by atoms with van der Waals surface area (Å²) in [6.07, 6.45) is -5.31. The quantitative estimate of drug-likeness (QED) is 0.134. The van der Waals surface area contributed by atoms with Gasteiger partial charge in [-0.2, -0.15) is 26.3 Å². The van der Waals surface area contributed by atoms with Gasteiger partial charge in [0.1, 0.15) is 5.41 Å². The Labute approximate surface area is 279 Å². The highest BCUT2D eigenvalue weighted by Gasteiger charge is 2.54. The standard InChI is InChI=1S/C35H40B2F6N2O3/c1-44(2)23-24-46-36(30-17-15-29(16-18-30)34(38,39)40)32(45(3)4)26-48-37(47-25-27-11-7-5-8-12-27)31-19-21-33(22-20-31,35(41,42)43)28-13-9-6-10-14-28/h5-21,32H,22-26H2,1-4H3. The highest BCUT2D eigenvalue weighted by molar-refractivity contribution is 6.69. The van der Waals surface area contributed by atoms with Crippen LogP contribution in [0.15, 0.2) is 109 Å². The van der Waals surface area contributed by atoms with Crippen LogP contribution in [-0.4, -0.2) is 83.9 Å². The molecule has 0 aliphatic heterocycles. The summed E-state index contributed by atoms with van der Waals surface area (Å²) < 4.78 is 103. The number of nitrogens with zero attached hydrogens (tertiary/aromatic N) is 2. The first kappa shape index (κ1) is 37.5. The summed E-state index contributed by atoms with van der Waals surface area (Å²) in [5, 5.41) is 0. The smallest absolute Gasteiger partial charge is 0.428 e. The Kier molecular flexibility index (Phi) is 12.8. The summed E-state index contributed by atoms with van der Waals surface area (Å²) in [5.74, 6) is -0.501. The van der Waals surface area contributed by atoms with Crippen LogP contribution in [0.3, 0.4) is 0 Å². The molecule has 0 radical (unpaired) electrons. The maximum Gasteiger partial charge on any atom is 0.493 e. The number of allylic oxidation sites excluding steroid dienone is 4. The predicted octanol–water partition coefficient (Wildman–Crippen LogP) is 6.60. The fourth-order valence-corrected chi connectivity index (χ4v) is 5.49. The van der Waals surface area contributed by atoms with Crippen molar-refractivity contribution in [3.8, 4) is 0 Å². The van der Waals surface area contributed by atoms with Gasteiger partial charge < -0.3 is 23.8 Å². The van der Waals surface area contributed by atoms with Crippen molar-refractivity contribution in [2.45, 2.75) is 36.7 Å². The lowest BCUT2D eigenvalue weighted by molar-refractivity contribution is -0.175. The number of likely N-dealkylation sites (N-methyl/N-ethyl adjacent to an activating group) is 2. The van der Waals surface area contributed by atoms with E-state index in [1.165, 1.54) is 42.5 Å². The Hall–Kier alpha value is -3.35. The Bertz CT molecular complexity index is 1490. The van der Waals surface area contributed by atoms with E-state index in [-0.39, 0.29) is 25.2 Å². The molecule has 256 valence electrons. The third-order valence-electron chi connectivity index (χ3n) is 8.36. The van der Waals surface area contributed by atoms with Gasteiger partial charge in [0.15, 0.2) is 0 Å². The lowest BCUT2D eigenvalue weighted by atomic mass is 9.54. The van der Waals surface area contributed by atoms with Crippen molar-refractivity contribution in [3.05, 3.63) is 125 Å². The van der Waals surface area contributed by atoms with Crippen molar-refractivity contribution in [3.63, 3.8) is 0 Å². The van der Waals surface area contributed by atoms with E-state index in [0.29, 0.717) is 24.1 Å². The van der Waals surface area contributed by atoms with Crippen LogP contribution in [0.4, 0.5) is 26.3 Å². The van der Waals surface area contributed by atoms with E-state index < -0.39 is 43.3 Å². The van der Waals surface area contributed by atoms with Gasteiger partial charge in [-0.1, -0.05) is 103 Å². The first-order chi connectivity index (χ1) is 22.7. The molecule has 0 saturated heterocycles. The number of hydrogen-bond acceptors (Lipinski definition) is 5. The normalized spacial score (nSPS) is 17.5. The van der Waals surface area contributed by atoms with E-state index in [0.717, 1.165) is 17.7 Å². The fraction of sp³-hybridized carbons (Fsp3) is 0.371. The van der Waals surface area contributed by atoms with Crippen LogP contribution in [0.25, 0.3) is 0 Å². The van der Waals surface area contributed by atoms with Gasteiger partial charge in [-0.05, 0) is 56.7 Å². The molecule has 0 saturated carbocycles. The molecule has 3 aromatic carbocycles. The van der Waals surface area contributed by atoms with Crippen LogP contribution in [0, 0.1) is 0 Å². The Morgan fingerprint density at radius 3 is 1.94 bits per heavy atom. The number of rotatable bonds is 15. The zero-order chi connectivity index (χ0) is 35.0. The zero-order valence-electron chi connectivity index (χ0n) is 27.5. The molecule has 2 atom stereocenters. The average molecular weight is 672 g/mol. The molecule has 0 amide bonds. The molecule has 0 aromatic heterocycles. The Morgan fingerprint density at radius 2 is 1.42 bits per heavy atom. The first-order valence-corrected chi connectivity index (χ1v) is 15.6. The number of halogens is 6. The number of alkyl halides is 6. The van der Waals surface area contributed by atoms with E-state index >= 15 is 0 Å².